The van der Waals surface area contributed by atoms with Crippen molar-refractivity contribution in [1.29, 1.82) is 0 Å². The van der Waals surface area contributed by atoms with Crippen LogP contribution in [0.2, 0.25) is 0 Å². The van der Waals surface area contributed by atoms with Crippen LogP contribution >= 0.6 is 24.0 Å². The fourth-order valence-electron chi connectivity index (χ4n) is 1.81. The van der Waals surface area contributed by atoms with Gasteiger partial charge >= 0.3 is 6.18 Å². The van der Waals surface area contributed by atoms with Crippen molar-refractivity contribution in [3.63, 3.8) is 0 Å². The Morgan fingerprint density at radius 2 is 1.83 bits per heavy atom. The van der Waals surface area contributed by atoms with Crippen molar-refractivity contribution in [3.8, 4) is 0 Å². The lowest BCUT2D eigenvalue weighted by Crippen LogP contribution is -2.32. The minimum atomic E-state index is -4.27. The van der Waals surface area contributed by atoms with E-state index in [0.717, 1.165) is 42.5 Å². The molecule has 0 bridgehead atoms. The van der Waals surface area contributed by atoms with Crippen LogP contribution in [0.5, 0.6) is 0 Å². The van der Waals surface area contributed by atoms with E-state index in [0.29, 0.717) is 19.0 Å². The summed E-state index contributed by atoms with van der Waals surface area (Å²) in [6.07, 6.45) is -1.80. The summed E-state index contributed by atoms with van der Waals surface area (Å²) in [5, 5.41) is 2.99. The van der Waals surface area contributed by atoms with E-state index >= 15 is 0 Å². The van der Waals surface area contributed by atoms with Gasteiger partial charge in [-0.25, -0.2) is 4.99 Å². The fraction of sp³-hybridized carbons (Fsp3) is 0.438. The summed E-state index contributed by atoms with van der Waals surface area (Å²) in [4.78, 5) is 4.09. The highest BCUT2D eigenvalue weighted by molar-refractivity contribution is 14.0. The molecule has 23 heavy (non-hydrogen) atoms. The molecular formula is C16H23F3IN3. The molecule has 0 fully saturated rings. The van der Waals surface area contributed by atoms with Crippen molar-refractivity contribution < 1.29 is 13.2 Å². The monoisotopic (exact) mass is 441 g/mol. The lowest BCUT2D eigenvalue weighted by atomic mass is 10.1. The standard InChI is InChI=1S/C16H22F3N3.HI/c1-12(2)11-22-15(20)21-10-4-3-5-13-6-8-14(9-7-13)16(17,18)19;/h6-9H,1,3-5,10-11H2,2H3,(H3,20,21,22);1H. The van der Waals surface area contributed by atoms with Gasteiger partial charge in [-0.1, -0.05) is 24.3 Å². The number of hydrogen-bond acceptors (Lipinski definition) is 1. The van der Waals surface area contributed by atoms with Crippen molar-refractivity contribution in [2.24, 2.45) is 10.7 Å². The van der Waals surface area contributed by atoms with Gasteiger partial charge < -0.3 is 11.1 Å². The third-order valence-electron chi connectivity index (χ3n) is 3.00. The highest BCUT2D eigenvalue weighted by Gasteiger charge is 2.29. The molecule has 0 unspecified atom stereocenters. The van der Waals surface area contributed by atoms with Crippen LogP contribution in [0.25, 0.3) is 0 Å². The Balaban J connectivity index is 0.00000484. The second kappa shape index (κ2) is 10.5. The van der Waals surface area contributed by atoms with E-state index < -0.39 is 11.7 Å². The third kappa shape index (κ3) is 9.47. The van der Waals surface area contributed by atoms with Gasteiger partial charge in [-0.3, -0.25) is 0 Å². The molecule has 3 nitrogen and oxygen atoms in total. The Hall–Kier alpha value is -1.25. The van der Waals surface area contributed by atoms with Crippen molar-refractivity contribution in [1.82, 2.24) is 5.32 Å². The number of benzene rings is 1. The van der Waals surface area contributed by atoms with Gasteiger partial charge in [0.15, 0.2) is 5.96 Å². The van der Waals surface area contributed by atoms with Crippen LogP contribution in [0.4, 0.5) is 13.2 Å². The number of unbranched alkanes of at least 4 members (excludes halogenated alkanes) is 1. The van der Waals surface area contributed by atoms with E-state index in [1.165, 1.54) is 12.1 Å². The largest absolute Gasteiger partial charge is 0.416 e. The van der Waals surface area contributed by atoms with Crippen LogP contribution in [0.3, 0.4) is 0 Å². The number of hydrogen-bond donors (Lipinski definition) is 2. The van der Waals surface area contributed by atoms with Gasteiger partial charge in [-0.2, -0.15) is 13.2 Å². The van der Waals surface area contributed by atoms with Crippen molar-refractivity contribution >= 4 is 29.9 Å². The van der Waals surface area contributed by atoms with E-state index in [1.54, 1.807) is 0 Å². The molecule has 0 aromatic heterocycles. The predicted molar refractivity (Wildman–Crippen MR) is 99.1 cm³/mol. The number of halogens is 4. The van der Waals surface area contributed by atoms with Crippen LogP contribution in [-0.2, 0) is 12.6 Å². The van der Waals surface area contributed by atoms with Crippen molar-refractivity contribution in [2.75, 3.05) is 13.1 Å². The maximum atomic E-state index is 12.4. The van der Waals surface area contributed by atoms with Gasteiger partial charge in [-0.15, -0.1) is 24.0 Å². The molecule has 130 valence electrons. The molecule has 0 spiro atoms. The van der Waals surface area contributed by atoms with Crippen LogP contribution in [-0.4, -0.2) is 19.0 Å². The van der Waals surface area contributed by atoms with Gasteiger partial charge in [0, 0.05) is 6.54 Å². The molecule has 1 aromatic rings. The fourth-order valence-corrected chi connectivity index (χ4v) is 1.81. The molecule has 1 aromatic carbocycles. The predicted octanol–water partition coefficient (Wildman–Crippen LogP) is 4.13. The molecule has 0 radical (unpaired) electrons. The Bertz CT molecular complexity index is 510. The van der Waals surface area contributed by atoms with Gasteiger partial charge in [-0.05, 0) is 43.9 Å². The summed E-state index contributed by atoms with van der Waals surface area (Å²) < 4.78 is 37.3. The summed E-state index contributed by atoms with van der Waals surface area (Å²) >= 11 is 0. The molecule has 0 aliphatic rings. The second-order valence-corrected chi connectivity index (χ2v) is 5.24. The zero-order chi connectivity index (χ0) is 16.6. The molecular weight excluding hydrogens is 418 g/mol. The van der Waals surface area contributed by atoms with Crippen LogP contribution in [0.15, 0.2) is 41.4 Å². The number of alkyl halides is 3. The Labute approximate surface area is 152 Å². The number of aryl methyl sites for hydroxylation is 1. The van der Waals surface area contributed by atoms with Gasteiger partial charge in [0.2, 0.25) is 0 Å². The highest BCUT2D eigenvalue weighted by Crippen LogP contribution is 2.29. The van der Waals surface area contributed by atoms with E-state index in [9.17, 15) is 13.2 Å². The minimum absolute atomic E-state index is 0. The van der Waals surface area contributed by atoms with E-state index in [4.69, 9.17) is 5.73 Å². The summed E-state index contributed by atoms with van der Waals surface area (Å²) in [6, 6.07) is 5.30. The van der Waals surface area contributed by atoms with Crippen LogP contribution < -0.4 is 11.1 Å². The molecule has 0 atom stereocenters. The van der Waals surface area contributed by atoms with Gasteiger partial charge in [0.05, 0.1) is 12.1 Å². The number of aliphatic imine (C=N–C) groups is 1. The summed E-state index contributed by atoms with van der Waals surface area (Å²) in [5.41, 5.74) is 6.89. The first-order valence-corrected chi connectivity index (χ1v) is 7.13. The molecule has 0 saturated heterocycles. The number of nitrogens with two attached hydrogens (primary N) is 1. The second-order valence-electron chi connectivity index (χ2n) is 5.24. The van der Waals surface area contributed by atoms with Crippen molar-refractivity contribution in [2.45, 2.75) is 32.4 Å². The van der Waals surface area contributed by atoms with E-state index in [-0.39, 0.29) is 24.0 Å². The molecule has 3 N–H and O–H groups in total. The topological polar surface area (TPSA) is 50.4 Å². The molecule has 0 heterocycles. The molecule has 1 rings (SSSR count). The van der Waals surface area contributed by atoms with E-state index in [2.05, 4.69) is 16.9 Å². The first kappa shape index (κ1) is 21.8. The lowest BCUT2D eigenvalue weighted by Gasteiger charge is -2.08. The first-order valence-electron chi connectivity index (χ1n) is 7.13. The van der Waals surface area contributed by atoms with Gasteiger partial charge in [0.1, 0.15) is 0 Å². The zero-order valence-corrected chi connectivity index (χ0v) is 15.4. The Morgan fingerprint density at radius 1 is 1.22 bits per heavy atom. The number of nitrogens with one attached hydrogen (secondary N) is 1. The van der Waals surface area contributed by atoms with E-state index in [1.807, 2.05) is 6.92 Å². The summed E-state index contributed by atoms with van der Waals surface area (Å²) in [7, 11) is 0. The Kier molecular flexibility index (Phi) is 9.94. The smallest absolute Gasteiger partial charge is 0.370 e. The molecule has 0 aliphatic carbocycles. The SMILES string of the molecule is C=C(C)CN=C(N)NCCCCc1ccc(C(F)(F)F)cc1.I. The number of rotatable bonds is 7. The average molecular weight is 441 g/mol. The van der Waals surface area contributed by atoms with Crippen LogP contribution in [0.1, 0.15) is 30.9 Å². The maximum Gasteiger partial charge on any atom is 0.416 e. The number of guanidine groups is 1. The van der Waals surface area contributed by atoms with Gasteiger partial charge in [0.25, 0.3) is 0 Å². The Morgan fingerprint density at radius 3 is 2.35 bits per heavy atom. The minimum Gasteiger partial charge on any atom is -0.370 e. The third-order valence-corrected chi connectivity index (χ3v) is 3.00. The van der Waals surface area contributed by atoms with Crippen molar-refractivity contribution in [3.05, 3.63) is 47.5 Å². The zero-order valence-electron chi connectivity index (χ0n) is 13.1. The summed E-state index contributed by atoms with van der Waals surface area (Å²) in [5.74, 6) is 0.387. The average Bonchev–Trinajstić information content (AvgIpc) is 2.44. The molecule has 7 heteroatoms. The number of nitrogens with zero attached hydrogens (tertiary/aromatic N) is 1. The first-order chi connectivity index (χ1) is 10.3. The van der Waals surface area contributed by atoms with Crippen LogP contribution in [0, 0.1) is 0 Å². The molecule has 0 amide bonds. The normalized spacial score (nSPS) is 11.7. The maximum absolute atomic E-state index is 12.4. The summed E-state index contributed by atoms with van der Waals surface area (Å²) in [6.45, 7) is 6.80. The quantitative estimate of drug-likeness (QED) is 0.220. The molecule has 0 saturated carbocycles. The highest BCUT2D eigenvalue weighted by atomic mass is 127. The lowest BCUT2D eigenvalue weighted by molar-refractivity contribution is -0.137. The molecule has 0 aliphatic heterocycles.